The Balaban J connectivity index is 1.79. The van der Waals surface area contributed by atoms with Crippen LogP contribution in [0.2, 0.25) is 5.02 Å². The molecule has 4 heteroatoms. The molecule has 2 fully saturated rings. The number of halogens is 1. The van der Waals surface area contributed by atoms with E-state index in [0.29, 0.717) is 5.92 Å². The van der Waals surface area contributed by atoms with Gasteiger partial charge in [0.1, 0.15) is 0 Å². The number of nitrogens with one attached hydrogen (secondary N) is 1. The molecule has 98 valence electrons. The van der Waals surface area contributed by atoms with Crippen LogP contribution in [0.5, 0.6) is 0 Å². The van der Waals surface area contributed by atoms with Gasteiger partial charge in [0.15, 0.2) is 0 Å². The minimum atomic E-state index is 0.626. The molecular formula is C14H19ClN2O. The van der Waals surface area contributed by atoms with Crippen molar-refractivity contribution >= 4 is 17.3 Å². The molecule has 0 radical (unpaired) electrons. The quantitative estimate of drug-likeness (QED) is 0.889. The molecule has 3 rings (SSSR count). The zero-order valence-corrected chi connectivity index (χ0v) is 11.2. The number of anilines is 1. The summed E-state index contributed by atoms with van der Waals surface area (Å²) in [6.07, 6.45) is 1.22. The Hall–Kier alpha value is -0.770. The third-order valence-corrected chi connectivity index (χ3v) is 4.16. The van der Waals surface area contributed by atoms with E-state index in [4.69, 9.17) is 16.3 Å². The summed E-state index contributed by atoms with van der Waals surface area (Å²) in [5.74, 6) is 0.626. The highest BCUT2D eigenvalue weighted by molar-refractivity contribution is 6.33. The van der Waals surface area contributed by atoms with Gasteiger partial charge in [-0.1, -0.05) is 17.7 Å². The topological polar surface area (TPSA) is 24.5 Å². The maximum atomic E-state index is 6.44. The highest BCUT2D eigenvalue weighted by atomic mass is 35.5. The second-order valence-corrected chi connectivity index (χ2v) is 5.41. The van der Waals surface area contributed by atoms with Gasteiger partial charge in [-0.15, -0.1) is 0 Å². The average Bonchev–Trinajstić information content (AvgIpc) is 2.93. The third kappa shape index (κ3) is 2.48. The maximum absolute atomic E-state index is 6.44. The lowest BCUT2D eigenvalue weighted by atomic mass is 9.98. The van der Waals surface area contributed by atoms with Crippen LogP contribution in [0.25, 0.3) is 0 Å². The van der Waals surface area contributed by atoms with Crippen molar-refractivity contribution in [2.75, 3.05) is 44.3 Å². The van der Waals surface area contributed by atoms with E-state index < -0.39 is 0 Å². The molecule has 0 aromatic heterocycles. The molecule has 1 unspecified atom stereocenters. The second-order valence-electron chi connectivity index (χ2n) is 5.00. The van der Waals surface area contributed by atoms with Crippen LogP contribution >= 0.6 is 11.6 Å². The molecule has 2 heterocycles. The van der Waals surface area contributed by atoms with Gasteiger partial charge in [0.25, 0.3) is 0 Å². The number of nitrogens with zero attached hydrogens (tertiary/aromatic N) is 1. The lowest BCUT2D eigenvalue weighted by Gasteiger charge is -2.30. The van der Waals surface area contributed by atoms with Gasteiger partial charge in [-0.3, -0.25) is 0 Å². The summed E-state index contributed by atoms with van der Waals surface area (Å²) in [5.41, 5.74) is 2.51. The molecule has 1 aromatic rings. The zero-order valence-electron chi connectivity index (χ0n) is 10.5. The van der Waals surface area contributed by atoms with Crippen LogP contribution in [0.3, 0.4) is 0 Å². The number of ether oxygens (including phenoxy) is 1. The Bertz CT molecular complexity index is 412. The molecule has 0 bridgehead atoms. The monoisotopic (exact) mass is 266 g/mol. The molecule has 1 aromatic carbocycles. The van der Waals surface area contributed by atoms with Crippen molar-refractivity contribution < 1.29 is 4.74 Å². The Morgan fingerprint density at radius 2 is 2.11 bits per heavy atom. The van der Waals surface area contributed by atoms with Gasteiger partial charge in [-0.2, -0.15) is 0 Å². The van der Waals surface area contributed by atoms with E-state index in [-0.39, 0.29) is 0 Å². The maximum Gasteiger partial charge on any atom is 0.0642 e. The summed E-state index contributed by atoms with van der Waals surface area (Å²) in [4.78, 5) is 2.31. The lowest BCUT2D eigenvalue weighted by molar-refractivity contribution is 0.122. The van der Waals surface area contributed by atoms with Gasteiger partial charge in [-0.25, -0.2) is 0 Å². The number of morpholine rings is 1. The first-order valence-electron chi connectivity index (χ1n) is 6.67. The predicted octanol–water partition coefficient (Wildman–Crippen LogP) is 2.25. The molecule has 0 saturated carbocycles. The van der Waals surface area contributed by atoms with Gasteiger partial charge < -0.3 is 15.0 Å². The van der Waals surface area contributed by atoms with Crippen LogP contribution < -0.4 is 10.2 Å². The standard InChI is InChI=1S/C14H19ClN2O/c15-13-9-11(12-3-4-16-10-12)1-2-14(13)17-5-7-18-8-6-17/h1-2,9,12,16H,3-8,10H2. The van der Waals surface area contributed by atoms with Crippen molar-refractivity contribution in [3.05, 3.63) is 28.8 Å². The highest BCUT2D eigenvalue weighted by Gasteiger charge is 2.19. The molecule has 0 amide bonds. The first-order chi connectivity index (χ1) is 8.84. The van der Waals surface area contributed by atoms with E-state index in [2.05, 4.69) is 28.4 Å². The molecule has 0 aliphatic carbocycles. The highest BCUT2D eigenvalue weighted by Crippen LogP contribution is 2.31. The SMILES string of the molecule is Clc1cc(C2CCNC2)ccc1N1CCOCC1. The van der Waals surface area contributed by atoms with Crippen LogP contribution in [0.4, 0.5) is 5.69 Å². The van der Waals surface area contributed by atoms with Crippen LogP contribution in [0, 0.1) is 0 Å². The van der Waals surface area contributed by atoms with Crippen molar-refractivity contribution in [3.8, 4) is 0 Å². The number of hydrogen-bond acceptors (Lipinski definition) is 3. The number of benzene rings is 1. The van der Waals surface area contributed by atoms with Crippen molar-refractivity contribution in [3.63, 3.8) is 0 Å². The van der Waals surface area contributed by atoms with Crippen LogP contribution in [-0.4, -0.2) is 39.4 Å². The van der Waals surface area contributed by atoms with Gasteiger partial charge in [-0.05, 0) is 36.6 Å². The molecule has 0 spiro atoms. The minimum Gasteiger partial charge on any atom is -0.378 e. The largest absolute Gasteiger partial charge is 0.378 e. The summed E-state index contributed by atoms with van der Waals surface area (Å²) in [7, 11) is 0. The Labute approximate surface area is 113 Å². The Morgan fingerprint density at radius 3 is 2.78 bits per heavy atom. The first-order valence-corrected chi connectivity index (χ1v) is 7.05. The van der Waals surface area contributed by atoms with Gasteiger partial charge in [0.2, 0.25) is 0 Å². The molecule has 2 aliphatic heterocycles. The van der Waals surface area contributed by atoms with Gasteiger partial charge >= 0.3 is 0 Å². The van der Waals surface area contributed by atoms with E-state index in [1.54, 1.807) is 0 Å². The lowest BCUT2D eigenvalue weighted by Crippen LogP contribution is -2.36. The van der Waals surface area contributed by atoms with Gasteiger partial charge in [0, 0.05) is 19.6 Å². The first kappa shape index (κ1) is 12.3. The van der Waals surface area contributed by atoms with E-state index in [9.17, 15) is 0 Å². The summed E-state index contributed by atoms with van der Waals surface area (Å²) < 4.78 is 5.37. The molecule has 18 heavy (non-hydrogen) atoms. The van der Waals surface area contributed by atoms with Crippen molar-refractivity contribution in [2.45, 2.75) is 12.3 Å². The molecule has 2 aliphatic rings. The van der Waals surface area contributed by atoms with Crippen LogP contribution in [0.15, 0.2) is 18.2 Å². The molecule has 1 N–H and O–H groups in total. The number of rotatable bonds is 2. The Kier molecular flexibility index (Phi) is 3.73. The third-order valence-electron chi connectivity index (χ3n) is 3.86. The van der Waals surface area contributed by atoms with Crippen molar-refractivity contribution in [2.24, 2.45) is 0 Å². The second kappa shape index (κ2) is 5.47. The fraction of sp³-hybridized carbons (Fsp3) is 0.571. The Morgan fingerprint density at radius 1 is 1.28 bits per heavy atom. The summed E-state index contributed by atoms with van der Waals surface area (Å²) in [5, 5.41) is 4.27. The average molecular weight is 267 g/mol. The molecular weight excluding hydrogens is 248 g/mol. The number of hydrogen-bond donors (Lipinski definition) is 1. The summed E-state index contributed by atoms with van der Waals surface area (Å²) in [6.45, 7) is 5.66. The minimum absolute atomic E-state index is 0.626. The van der Waals surface area contributed by atoms with E-state index >= 15 is 0 Å². The van der Waals surface area contributed by atoms with E-state index in [1.165, 1.54) is 12.0 Å². The normalized spacial score (nSPS) is 24.5. The van der Waals surface area contributed by atoms with Crippen molar-refractivity contribution in [1.82, 2.24) is 5.32 Å². The van der Waals surface area contributed by atoms with Gasteiger partial charge in [0.05, 0.1) is 23.9 Å². The summed E-state index contributed by atoms with van der Waals surface area (Å²) >= 11 is 6.44. The summed E-state index contributed by atoms with van der Waals surface area (Å²) in [6, 6.07) is 6.54. The van der Waals surface area contributed by atoms with Crippen molar-refractivity contribution in [1.29, 1.82) is 0 Å². The van der Waals surface area contributed by atoms with Crippen LogP contribution in [0.1, 0.15) is 17.9 Å². The fourth-order valence-electron chi connectivity index (χ4n) is 2.78. The molecule has 2 saturated heterocycles. The zero-order chi connectivity index (χ0) is 12.4. The van der Waals surface area contributed by atoms with E-state index in [0.717, 1.165) is 50.1 Å². The smallest absolute Gasteiger partial charge is 0.0642 e. The van der Waals surface area contributed by atoms with E-state index in [1.807, 2.05) is 0 Å². The molecule has 3 nitrogen and oxygen atoms in total. The fourth-order valence-corrected chi connectivity index (χ4v) is 3.09. The van der Waals surface area contributed by atoms with Crippen LogP contribution in [-0.2, 0) is 4.74 Å². The molecule has 1 atom stereocenters. The predicted molar refractivity (Wildman–Crippen MR) is 74.7 cm³/mol.